The number of hydrazone groups is 1. The van der Waals surface area contributed by atoms with Crippen LogP contribution in [0.25, 0.3) is 0 Å². The van der Waals surface area contributed by atoms with Crippen molar-refractivity contribution < 1.29 is 4.92 Å². The van der Waals surface area contributed by atoms with Crippen molar-refractivity contribution in [2.75, 3.05) is 11.6 Å². The lowest BCUT2D eigenvalue weighted by molar-refractivity contribution is -0.384. The summed E-state index contributed by atoms with van der Waals surface area (Å²) < 4.78 is 0. The molecule has 0 bridgehead atoms. The molecule has 1 aromatic rings. The predicted octanol–water partition coefficient (Wildman–Crippen LogP) is 1.08. The van der Waals surface area contributed by atoms with Gasteiger partial charge >= 0.3 is 0 Å². The van der Waals surface area contributed by atoms with Crippen LogP contribution in [-0.4, -0.2) is 17.3 Å². The first-order chi connectivity index (χ1) is 7.16. The van der Waals surface area contributed by atoms with Crippen LogP contribution in [0.2, 0.25) is 0 Å². The van der Waals surface area contributed by atoms with Gasteiger partial charge in [0.15, 0.2) is 0 Å². The molecule has 0 aliphatic carbocycles. The number of nitrogens with zero attached hydrogens (tertiary/aromatic N) is 3. The number of anilines is 1. The molecule has 2 rings (SSSR count). The van der Waals surface area contributed by atoms with Crippen molar-refractivity contribution in [3.8, 4) is 0 Å². The third-order valence-corrected chi connectivity index (χ3v) is 2.19. The van der Waals surface area contributed by atoms with Crippen molar-refractivity contribution >= 4 is 17.2 Å². The maximum atomic E-state index is 10.4. The van der Waals surface area contributed by atoms with Crippen molar-refractivity contribution in [2.24, 2.45) is 10.8 Å². The summed E-state index contributed by atoms with van der Waals surface area (Å²) in [4.78, 5) is 10.0. The Morgan fingerprint density at radius 1 is 1.40 bits per heavy atom. The molecule has 1 aliphatic rings. The summed E-state index contributed by atoms with van der Waals surface area (Å²) in [7, 11) is 0. The molecule has 1 heterocycles. The Hall–Kier alpha value is -2.11. The first kappa shape index (κ1) is 9.45. The van der Waals surface area contributed by atoms with E-state index >= 15 is 0 Å². The largest absolute Gasteiger partial charge is 0.386 e. The van der Waals surface area contributed by atoms with Gasteiger partial charge in [-0.3, -0.25) is 15.1 Å². The molecule has 0 saturated carbocycles. The zero-order chi connectivity index (χ0) is 10.8. The fraction of sp³-hybridized carbons (Fsp3) is 0.222. The summed E-state index contributed by atoms with van der Waals surface area (Å²) in [5.74, 6) is 0.591. The fourth-order valence-corrected chi connectivity index (χ4v) is 1.41. The van der Waals surface area contributed by atoms with Gasteiger partial charge in [-0.05, 0) is 12.1 Å². The van der Waals surface area contributed by atoms with E-state index in [0.717, 1.165) is 18.7 Å². The van der Waals surface area contributed by atoms with Crippen LogP contribution in [0.15, 0.2) is 29.4 Å². The zero-order valence-corrected chi connectivity index (χ0v) is 7.96. The minimum atomic E-state index is -0.425. The average molecular weight is 206 g/mol. The lowest BCUT2D eigenvalue weighted by atomic mass is 10.3. The lowest BCUT2D eigenvalue weighted by Crippen LogP contribution is -2.11. The van der Waals surface area contributed by atoms with Gasteiger partial charge in [-0.25, -0.2) is 0 Å². The van der Waals surface area contributed by atoms with Crippen molar-refractivity contribution in [3.05, 3.63) is 34.4 Å². The molecule has 0 radical (unpaired) electrons. The second-order valence-corrected chi connectivity index (χ2v) is 3.24. The Balaban J connectivity index is 2.21. The first-order valence-electron chi connectivity index (χ1n) is 4.52. The molecule has 1 aromatic carbocycles. The van der Waals surface area contributed by atoms with E-state index in [1.807, 2.05) is 0 Å². The van der Waals surface area contributed by atoms with Crippen molar-refractivity contribution in [2.45, 2.75) is 6.42 Å². The maximum Gasteiger partial charge on any atom is 0.269 e. The summed E-state index contributed by atoms with van der Waals surface area (Å²) in [5.41, 5.74) is 6.44. The van der Waals surface area contributed by atoms with Gasteiger partial charge in [0.1, 0.15) is 5.84 Å². The third kappa shape index (κ3) is 1.88. The molecule has 1 aliphatic heterocycles. The average Bonchev–Trinajstić information content (AvgIpc) is 2.65. The van der Waals surface area contributed by atoms with E-state index in [0.29, 0.717) is 5.84 Å². The summed E-state index contributed by atoms with van der Waals surface area (Å²) in [6.07, 6.45) is 0.733. The number of non-ortho nitro benzene ring substituents is 1. The molecular weight excluding hydrogens is 196 g/mol. The molecule has 6 heteroatoms. The minimum absolute atomic E-state index is 0.0786. The number of benzene rings is 1. The Labute approximate surface area is 86.1 Å². The van der Waals surface area contributed by atoms with Gasteiger partial charge in [0, 0.05) is 25.1 Å². The summed E-state index contributed by atoms with van der Waals surface area (Å²) in [6, 6.07) is 6.25. The minimum Gasteiger partial charge on any atom is -0.386 e. The molecule has 6 nitrogen and oxygen atoms in total. The number of hydrogen-bond donors (Lipinski definition) is 1. The van der Waals surface area contributed by atoms with Crippen LogP contribution in [0.1, 0.15) is 6.42 Å². The number of nitro benzene ring substituents is 1. The van der Waals surface area contributed by atoms with Gasteiger partial charge < -0.3 is 5.73 Å². The number of hydrogen-bond acceptors (Lipinski definition) is 5. The van der Waals surface area contributed by atoms with Crippen LogP contribution in [0.4, 0.5) is 11.4 Å². The molecule has 2 N–H and O–H groups in total. The molecule has 0 spiro atoms. The molecule has 0 amide bonds. The van der Waals surface area contributed by atoms with E-state index in [-0.39, 0.29) is 5.69 Å². The van der Waals surface area contributed by atoms with Gasteiger partial charge in [-0.15, -0.1) is 0 Å². The van der Waals surface area contributed by atoms with Gasteiger partial charge in [0.05, 0.1) is 10.6 Å². The van der Waals surface area contributed by atoms with Gasteiger partial charge in [-0.2, -0.15) is 5.10 Å². The molecule has 0 fully saturated rings. The first-order valence-corrected chi connectivity index (χ1v) is 4.52. The zero-order valence-electron chi connectivity index (χ0n) is 7.96. The van der Waals surface area contributed by atoms with Gasteiger partial charge in [-0.1, -0.05) is 0 Å². The number of rotatable bonds is 2. The molecule has 0 saturated heterocycles. The molecule has 15 heavy (non-hydrogen) atoms. The predicted molar refractivity (Wildman–Crippen MR) is 56.7 cm³/mol. The highest BCUT2D eigenvalue weighted by molar-refractivity contribution is 5.84. The monoisotopic (exact) mass is 206 g/mol. The van der Waals surface area contributed by atoms with E-state index < -0.39 is 4.92 Å². The summed E-state index contributed by atoms with van der Waals surface area (Å²) in [6.45, 7) is 0.726. The quantitative estimate of drug-likeness (QED) is 0.579. The lowest BCUT2D eigenvalue weighted by Gasteiger charge is -2.12. The molecule has 78 valence electrons. The number of nitro groups is 1. The third-order valence-electron chi connectivity index (χ3n) is 2.19. The smallest absolute Gasteiger partial charge is 0.269 e. The van der Waals surface area contributed by atoms with Gasteiger partial charge in [0.2, 0.25) is 0 Å². The van der Waals surface area contributed by atoms with E-state index in [2.05, 4.69) is 5.10 Å². The van der Waals surface area contributed by atoms with Crippen molar-refractivity contribution in [3.63, 3.8) is 0 Å². The Bertz CT molecular complexity index is 413. The van der Waals surface area contributed by atoms with Crippen LogP contribution in [0.3, 0.4) is 0 Å². The number of nitrogens with two attached hydrogens (primary N) is 1. The van der Waals surface area contributed by atoms with Crippen molar-refractivity contribution in [1.82, 2.24) is 0 Å². The SMILES string of the molecule is NC1=NN(c2ccc([N+](=O)[O-])cc2)CC1. The summed E-state index contributed by atoms with van der Waals surface area (Å²) in [5, 5.41) is 16.3. The van der Waals surface area contributed by atoms with E-state index in [4.69, 9.17) is 5.73 Å². The molecule has 0 aromatic heterocycles. The maximum absolute atomic E-state index is 10.4. The highest BCUT2D eigenvalue weighted by Crippen LogP contribution is 2.21. The van der Waals surface area contributed by atoms with E-state index in [1.165, 1.54) is 12.1 Å². The Kier molecular flexibility index (Phi) is 2.24. The highest BCUT2D eigenvalue weighted by atomic mass is 16.6. The van der Waals surface area contributed by atoms with Crippen LogP contribution in [-0.2, 0) is 0 Å². The molecular formula is C9H10N4O2. The normalized spacial score (nSPS) is 15.2. The second-order valence-electron chi connectivity index (χ2n) is 3.24. The Morgan fingerprint density at radius 2 is 2.07 bits per heavy atom. The van der Waals surface area contributed by atoms with Crippen LogP contribution >= 0.6 is 0 Å². The fourth-order valence-electron chi connectivity index (χ4n) is 1.41. The number of amidine groups is 1. The standard InChI is InChI=1S/C9H10N4O2/c10-9-5-6-12(11-9)7-1-3-8(4-2-7)13(14)15/h1-4H,5-6H2,(H2,10,11). The summed E-state index contributed by atoms with van der Waals surface area (Å²) >= 11 is 0. The van der Waals surface area contributed by atoms with E-state index in [9.17, 15) is 10.1 Å². The van der Waals surface area contributed by atoms with Crippen LogP contribution < -0.4 is 10.7 Å². The molecule has 0 atom stereocenters. The highest BCUT2D eigenvalue weighted by Gasteiger charge is 2.14. The Morgan fingerprint density at radius 3 is 2.53 bits per heavy atom. The second kappa shape index (κ2) is 3.56. The van der Waals surface area contributed by atoms with Gasteiger partial charge in [0.25, 0.3) is 5.69 Å². The van der Waals surface area contributed by atoms with Crippen LogP contribution in [0, 0.1) is 10.1 Å². The van der Waals surface area contributed by atoms with Crippen LogP contribution in [0.5, 0.6) is 0 Å². The topological polar surface area (TPSA) is 84.8 Å². The molecule has 0 unspecified atom stereocenters. The van der Waals surface area contributed by atoms with Crippen molar-refractivity contribution in [1.29, 1.82) is 0 Å². The van der Waals surface area contributed by atoms with E-state index in [1.54, 1.807) is 17.1 Å².